The zero-order chi connectivity index (χ0) is 21.9. The van der Waals surface area contributed by atoms with E-state index >= 15 is 0 Å². The summed E-state index contributed by atoms with van der Waals surface area (Å²) < 4.78 is 1.45. The molecule has 0 aliphatic carbocycles. The summed E-state index contributed by atoms with van der Waals surface area (Å²) in [5.41, 5.74) is 5.56. The Morgan fingerprint density at radius 2 is 2.03 bits per heavy atom. The Balaban J connectivity index is 2.11. The maximum absolute atomic E-state index is 12.9. The van der Waals surface area contributed by atoms with Gasteiger partial charge in [0.05, 0.1) is 12.0 Å². The number of aliphatic hydroxyl groups excluding tert-OH is 1. The van der Waals surface area contributed by atoms with Crippen molar-refractivity contribution in [3.8, 4) is 0 Å². The monoisotopic (exact) mass is 411 g/mol. The first-order valence-corrected chi connectivity index (χ1v) is 9.36. The van der Waals surface area contributed by atoms with Gasteiger partial charge in [-0.25, -0.2) is 9.97 Å². The molecule has 0 atom stereocenters. The van der Waals surface area contributed by atoms with Gasteiger partial charge in [0.2, 0.25) is 0 Å². The van der Waals surface area contributed by atoms with Crippen molar-refractivity contribution in [2.24, 2.45) is 10.9 Å². The van der Waals surface area contributed by atoms with Gasteiger partial charge in [0.25, 0.3) is 5.56 Å². The van der Waals surface area contributed by atoms with E-state index in [1.165, 1.54) is 10.8 Å². The molecule has 30 heavy (non-hydrogen) atoms. The molecule has 6 N–H and O–H groups in total. The van der Waals surface area contributed by atoms with Gasteiger partial charge in [0.15, 0.2) is 5.84 Å². The molecular formula is C20H25N7O3. The molecule has 0 amide bonds. The molecule has 0 radical (unpaired) electrons. The van der Waals surface area contributed by atoms with Gasteiger partial charge in [-0.3, -0.25) is 4.79 Å². The van der Waals surface area contributed by atoms with Crippen molar-refractivity contribution in [1.82, 2.24) is 14.5 Å². The fourth-order valence-electron chi connectivity index (χ4n) is 2.94. The third kappa shape index (κ3) is 4.66. The van der Waals surface area contributed by atoms with Crippen molar-refractivity contribution in [3.05, 3.63) is 52.6 Å². The van der Waals surface area contributed by atoms with E-state index in [0.717, 1.165) is 0 Å². The summed E-state index contributed by atoms with van der Waals surface area (Å²) in [6.07, 6.45) is 3.17. The van der Waals surface area contributed by atoms with Crippen molar-refractivity contribution in [2.45, 2.75) is 32.9 Å². The summed E-state index contributed by atoms with van der Waals surface area (Å²) in [6, 6.07) is 6.78. The molecule has 0 saturated heterocycles. The van der Waals surface area contributed by atoms with Crippen LogP contribution in [-0.2, 0) is 6.54 Å². The number of nitrogens with one attached hydrogen (secondary N) is 2. The highest BCUT2D eigenvalue weighted by Gasteiger charge is 2.17. The van der Waals surface area contributed by atoms with Crippen LogP contribution in [0, 0.1) is 0 Å². The Morgan fingerprint density at radius 3 is 2.70 bits per heavy atom. The average Bonchev–Trinajstić information content (AvgIpc) is 2.68. The lowest BCUT2D eigenvalue weighted by molar-refractivity contribution is 0.274. The predicted octanol–water partition coefficient (Wildman–Crippen LogP) is 1.83. The number of anilines is 3. The van der Waals surface area contributed by atoms with Crippen molar-refractivity contribution >= 4 is 34.1 Å². The van der Waals surface area contributed by atoms with E-state index in [1.54, 1.807) is 30.5 Å². The first-order valence-electron chi connectivity index (χ1n) is 9.36. The molecule has 3 aromatic heterocycles. The summed E-state index contributed by atoms with van der Waals surface area (Å²) >= 11 is 0. The fraction of sp³-hybridized carbons (Fsp3) is 0.300. The molecule has 158 valence electrons. The molecule has 10 nitrogen and oxygen atoms in total. The number of nitrogens with zero attached hydrogens (tertiary/aromatic N) is 4. The standard InChI is InChI=1S/C20H25N7O3/c1-20(2,3)25-18-16-12(5-7-27(8-9-28)19(16)29)10-15(24-18)23-14-11-13(4-6-22-14)17(21)26-30/h4-7,10-11,28,30H,8-9H2,1-3H3,(H2,21,26)(H2,22,23,24,25). The Hall–Kier alpha value is -3.66. The van der Waals surface area contributed by atoms with E-state index in [1.807, 2.05) is 20.8 Å². The predicted molar refractivity (Wildman–Crippen MR) is 116 cm³/mol. The van der Waals surface area contributed by atoms with Gasteiger partial charge in [-0.2, -0.15) is 0 Å². The lowest BCUT2D eigenvalue weighted by Gasteiger charge is -2.23. The van der Waals surface area contributed by atoms with E-state index in [0.29, 0.717) is 33.8 Å². The second kappa shape index (κ2) is 8.37. The number of hydrogen-bond acceptors (Lipinski definition) is 8. The number of aromatic nitrogens is 3. The first-order chi connectivity index (χ1) is 14.2. The van der Waals surface area contributed by atoms with Crippen molar-refractivity contribution in [3.63, 3.8) is 0 Å². The van der Waals surface area contributed by atoms with Crippen LogP contribution >= 0.6 is 0 Å². The first kappa shape index (κ1) is 21.1. The fourth-order valence-corrected chi connectivity index (χ4v) is 2.94. The number of nitrogens with two attached hydrogens (primary N) is 1. The third-order valence-electron chi connectivity index (χ3n) is 4.21. The molecule has 0 unspecified atom stereocenters. The van der Waals surface area contributed by atoms with Crippen LogP contribution in [-0.4, -0.2) is 42.8 Å². The number of oxime groups is 1. The van der Waals surface area contributed by atoms with Gasteiger partial charge in [-0.15, -0.1) is 0 Å². The Bertz CT molecular complexity index is 1150. The minimum absolute atomic E-state index is 0.0357. The van der Waals surface area contributed by atoms with E-state index in [2.05, 4.69) is 25.8 Å². The molecule has 3 aromatic rings. The minimum atomic E-state index is -0.340. The van der Waals surface area contributed by atoms with E-state index in [-0.39, 0.29) is 30.1 Å². The Morgan fingerprint density at radius 1 is 1.27 bits per heavy atom. The molecule has 0 spiro atoms. The number of fused-ring (bicyclic) bond motifs is 1. The minimum Gasteiger partial charge on any atom is -0.409 e. The highest BCUT2D eigenvalue weighted by molar-refractivity contribution is 5.98. The van der Waals surface area contributed by atoms with Crippen molar-refractivity contribution in [2.75, 3.05) is 17.2 Å². The van der Waals surface area contributed by atoms with Crippen LogP contribution in [0.15, 0.2) is 46.6 Å². The topological polar surface area (TPSA) is 151 Å². The molecule has 3 rings (SSSR count). The zero-order valence-corrected chi connectivity index (χ0v) is 17.0. The molecule has 0 aliphatic rings. The summed E-state index contributed by atoms with van der Waals surface area (Å²) in [5, 5.41) is 28.6. The maximum Gasteiger partial charge on any atom is 0.262 e. The van der Waals surface area contributed by atoms with Crippen LogP contribution < -0.4 is 21.9 Å². The zero-order valence-electron chi connectivity index (χ0n) is 17.0. The van der Waals surface area contributed by atoms with Crippen molar-refractivity contribution < 1.29 is 10.3 Å². The quantitative estimate of drug-likeness (QED) is 0.178. The molecule has 0 saturated carbocycles. The highest BCUT2D eigenvalue weighted by atomic mass is 16.4. The molecule has 0 fully saturated rings. The van der Waals surface area contributed by atoms with E-state index < -0.39 is 0 Å². The second-order valence-electron chi connectivity index (χ2n) is 7.77. The van der Waals surface area contributed by atoms with Crippen LogP contribution in [0.1, 0.15) is 26.3 Å². The number of pyridine rings is 3. The number of aliphatic hydroxyl groups is 1. The summed E-state index contributed by atoms with van der Waals surface area (Å²) in [5.74, 6) is 1.30. The van der Waals surface area contributed by atoms with Gasteiger partial charge in [-0.1, -0.05) is 5.16 Å². The Kier molecular flexibility index (Phi) is 5.88. The van der Waals surface area contributed by atoms with Crippen LogP contribution in [0.25, 0.3) is 10.8 Å². The van der Waals surface area contributed by atoms with Gasteiger partial charge >= 0.3 is 0 Å². The normalized spacial score (nSPS) is 12.2. The number of hydrogen-bond donors (Lipinski definition) is 5. The van der Waals surface area contributed by atoms with Crippen molar-refractivity contribution in [1.29, 1.82) is 0 Å². The largest absolute Gasteiger partial charge is 0.409 e. The number of rotatable bonds is 6. The summed E-state index contributed by atoms with van der Waals surface area (Å²) in [6.45, 7) is 5.98. The van der Waals surface area contributed by atoms with Gasteiger partial charge < -0.3 is 31.2 Å². The van der Waals surface area contributed by atoms with Crippen LogP contribution in [0.5, 0.6) is 0 Å². The number of amidine groups is 1. The molecule has 0 aromatic carbocycles. The molecule has 0 aliphatic heterocycles. The lowest BCUT2D eigenvalue weighted by Crippen LogP contribution is -2.29. The van der Waals surface area contributed by atoms with Crippen LogP contribution in [0.2, 0.25) is 0 Å². The summed E-state index contributed by atoms with van der Waals surface area (Å²) in [4.78, 5) is 21.8. The van der Waals surface area contributed by atoms with Crippen LogP contribution in [0.3, 0.4) is 0 Å². The molecule has 0 bridgehead atoms. The Labute approximate surface area is 173 Å². The lowest BCUT2D eigenvalue weighted by atomic mass is 10.1. The third-order valence-corrected chi connectivity index (χ3v) is 4.21. The molecule has 3 heterocycles. The second-order valence-corrected chi connectivity index (χ2v) is 7.77. The van der Waals surface area contributed by atoms with E-state index in [4.69, 9.17) is 10.9 Å². The van der Waals surface area contributed by atoms with Gasteiger partial charge in [0.1, 0.15) is 17.5 Å². The van der Waals surface area contributed by atoms with Crippen LogP contribution in [0.4, 0.5) is 17.5 Å². The smallest absolute Gasteiger partial charge is 0.262 e. The van der Waals surface area contributed by atoms with Gasteiger partial charge in [-0.05, 0) is 50.4 Å². The molecule has 10 heteroatoms. The highest BCUT2D eigenvalue weighted by Crippen LogP contribution is 2.26. The average molecular weight is 411 g/mol. The van der Waals surface area contributed by atoms with Gasteiger partial charge in [0, 0.05) is 30.0 Å². The van der Waals surface area contributed by atoms with E-state index in [9.17, 15) is 9.90 Å². The maximum atomic E-state index is 12.9. The SMILES string of the molecule is CC(C)(C)Nc1nc(Nc2cc(/C(N)=N/O)ccn2)cc2ccn(CCO)c(=O)c12. The summed E-state index contributed by atoms with van der Waals surface area (Å²) in [7, 11) is 0. The molecular weight excluding hydrogens is 386 g/mol.